The summed E-state index contributed by atoms with van der Waals surface area (Å²) in [5.41, 5.74) is -0.449. The third kappa shape index (κ3) is 24.9. The molecule has 0 spiro atoms. The molecule has 1 atom stereocenters. The van der Waals surface area contributed by atoms with Gasteiger partial charge in [-0.3, -0.25) is 0 Å². The summed E-state index contributed by atoms with van der Waals surface area (Å²) in [6.45, 7) is 9.95. The van der Waals surface area contributed by atoms with Crippen LogP contribution in [0.1, 0.15) is 92.4 Å². The van der Waals surface area contributed by atoms with Crippen LogP contribution in [0.4, 0.5) is 0 Å². The minimum atomic E-state index is -0.449. The first-order valence-electron chi connectivity index (χ1n) is 7.74. The molecule has 0 radical (unpaired) electrons. The van der Waals surface area contributed by atoms with E-state index in [2.05, 4.69) is 13.8 Å². The first-order chi connectivity index (χ1) is 8.33. The predicted octanol–water partition coefficient (Wildman–Crippen LogP) is 4.68. The lowest BCUT2D eigenvalue weighted by Crippen LogP contribution is -2.17. The van der Waals surface area contributed by atoms with Gasteiger partial charge >= 0.3 is 0 Å². The average Bonchev–Trinajstić information content (AvgIpc) is 2.24. The summed E-state index contributed by atoms with van der Waals surface area (Å²) < 4.78 is 0. The summed E-state index contributed by atoms with van der Waals surface area (Å²) in [6, 6.07) is 0. The van der Waals surface area contributed by atoms with Crippen molar-refractivity contribution < 1.29 is 10.2 Å². The molecule has 0 heterocycles. The molecule has 0 aromatic heterocycles. The van der Waals surface area contributed by atoms with Crippen LogP contribution in [0.15, 0.2) is 0 Å². The minimum Gasteiger partial charge on any atom is -0.393 e. The topological polar surface area (TPSA) is 40.5 Å². The molecule has 0 aromatic carbocycles. The van der Waals surface area contributed by atoms with Crippen LogP contribution in [0.2, 0.25) is 0 Å². The smallest absolute Gasteiger partial charge is 0.0591 e. The predicted molar refractivity (Wildman–Crippen MR) is 80.9 cm³/mol. The Hall–Kier alpha value is -0.0800. The fourth-order valence-corrected chi connectivity index (χ4v) is 1.67. The van der Waals surface area contributed by atoms with Gasteiger partial charge in [-0.2, -0.15) is 0 Å². The highest BCUT2D eigenvalue weighted by molar-refractivity contribution is 4.63. The molecule has 2 N–H and O–H groups in total. The van der Waals surface area contributed by atoms with Crippen LogP contribution in [0, 0.1) is 0 Å². The lowest BCUT2D eigenvalue weighted by molar-refractivity contribution is 0.0682. The molecule has 0 fully saturated rings. The molecule has 0 amide bonds. The van der Waals surface area contributed by atoms with E-state index < -0.39 is 5.60 Å². The van der Waals surface area contributed by atoms with E-state index in [1.165, 1.54) is 38.5 Å². The van der Waals surface area contributed by atoms with Crippen molar-refractivity contribution in [1.82, 2.24) is 0 Å². The van der Waals surface area contributed by atoms with Crippen LogP contribution >= 0.6 is 0 Å². The lowest BCUT2D eigenvalue weighted by atomic mass is 10.0. The monoisotopic (exact) mass is 260 g/mol. The quantitative estimate of drug-likeness (QED) is 0.591. The zero-order valence-electron chi connectivity index (χ0n) is 13.3. The number of unbranched alkanes of at least 4 members (excludes halogenated alkanes) is 5. The van der Waals surface area contributed by atoms with Gasteiger partial charge in [-0.05, 0) is 33.6 Å². The molecule has 0 aliphatic heterocycles. The summed E-state index contributed by atoms with van der Waals surface area (Å²) in [6.07, 6.45) is 10.5. The van der Waals surface area contributed by atoms with E-state index in [0.29, 0.717) is 0 Å². The number of aliphatic hydroxyl groups is 2. The van der Waals surface area contributed by atoms with Crippen LogP contribution < -0.4 is 0 Å². The minimum absolute atomic E-state index is 0.0955. The molecule has 0 aliphatic rings. The largest absolute Gasteiger partial charge is 0.393 e. The van der Waals surface area contributed by atoms with E-state index in [1.807, 2.05) is 20.8 Å². The average molecular weight is 260 g/mol. The van der Waals surface area contributed by atoms with Gasteiger partial charge in [0.05, 0.1) is 11.7 Å². The van der Waals surface area contributed by atoms with Crippen LogP contribution in [0.5, 0.6) is 0 Å². The van der Waals surface area contributed by atoms with E-state index in [4.69, 9.17) is 5.11 Å². The highest BCUT2D eigenvalue weighted by Gasteiger charge is 2.10. The zero-order chi connectivity index (χ0) is 14.4. The summed E-state index contributed by atoms with van der Waals surface area (Å²) in [7, 11) is 0. The molecule has 0 aliphatic carbocycles. The van der Waals surface area contributed by atoms with Crippen molar-refractivity contribution in [3.05, 3.63) is 0 Å². The summed E-state index contributed by atoms with van der Waals surface area (Å²) in [4.78, 5) is 0. The van der Waals surface area contributed by atoms with Crippen molar-refractivity contribution in [3.63, 3.8) is 0 Å². The molecule has 0 saturated heterocycles. The maximum absolute atomic E-state index is 9.24. The highest BCUT2D eigenvalue weighted by atomic mass is 16.3. The maximum Gasteiger partial charge on any atom is 0.0591 e. The molecule has 1 unspecified atom stereocenters. The van der Waals surface area contributed by atoms with Gasteiger partial charge in [-0.25, -0.2) is 0 Å². The van der Waals surface area contributed by atoms with E-state index >= 15 is 0 Å². The van der Waals surface area contributed by atoms with Gasteiger partial charge in [0.1, 0.15) is 0 Å². The normalized spacial score (nSPS) is 12.8. The number of aliphatic hydroxyl groups excluding tert-OH is 1. The molecule has 2 heteroatoms. The molecule has 0 aromatic rings. The van der Waals surface area contributed by atoms with Gasteiger partial charge in [0.2, 0.25) is 0 Å². The maximum atomic E-state index is 9.24. The summed E-state index contributed by atoms with van der Waals surface area (Å²) in [5, 5.41) is 18.1. The second-order valence-corrected chi connectivity index (χ2v) is 5.97. The van der Waals surface area contributed by atoms with Gasteiger partial charge in [0, 0.05) is 0 Å². The third-order valence-electron chi connectivity index (χ3n) is 2.87. The SMILES string of the molecule is CCCCCC(C)(C)O.CCCCCCC(C)O. The van der Waals surface area contributed by atoms with Gasteiger partial charge in [-0.15, -0.1) is 0 Å². The van der Waals surface area contributed by atoms with Crippen molar-refractivity contribution in [2.45, 2.75) is 104 Å². The zero-order valence-corrected chi connectivity index (χ0v) is 13.3. The van der Waals surface area contributed by atoms with Crippen molar-refractivity contribution in [1.29, 1.82) is 0 Å². The molecular weight excluding hydrogens is 224 g/mol. The van der Waals surface area contributed by atoms with Crippen molar-refractivity contribution in [2.24, 2.45) is 0 Å². The van der Waals surface area contributed by atoms with Gasteiger partial charge in [-0.1, -0.05) is 58.8 Å². The number of rotatable bonds is 9. The van der Waals surface area contributed by atoms with Crippen molar-refractivity contribution in [2.75, 3.05) is 0 Å². The second kappa shape index (κ2) is 13.4. The molecule has 0 bridgehead atoms. The first kappa shape index (κ1) is 20.2. The van der Waals surface area contributed by atoms with E-state index in [1.54, 1.807) is 0 Å². The van der Waals surface area contributed by atoms with Crippen molar-refractivity contribution in [3.8, 4) is 0 Å². The Balaban J connectivity index is 0. The van der Waals surface area contributed by atoms with Crippen LogP contribution in [-0.2, 0) is 0 Å². The van der Waals surface area contributed by atoms with Crippen LogP contribution in [0.25, 0.3) is 0 Å². The Labute approximate surface area is 115 Å². The second-order valence-electron chi connectivity index (χ2n) is 5.97. The van der Waals surface area contributed by atoms with Crippen molar-refractivity contribution >= 4 is 0 Å². The Morgan fingerprint density at radius 3 is 1.78 bits per heavy atom. The van der Waals surface area contributed by atoms with Gasteiger partial charge < -0.3 is 10.2 Å². The molecule has 0 saturated carbocycles. The molecular formula is C16H36O2. The Morgan fingerprint density at radius 2 is 1.39 bits per heavy atom. The van der Waals surface area contributed by atoms with Crippen LogP contribution in [0.3, 0.4) is 0 Å². The van der Waals surface area contributed by atoms with E-state index in [0.717, 1.165) is 19.3 Å². The molecule has 2 nitrogen and oxygen atoms in total. The number of hydrogen-bond acceptors (Lipinski definition) is 2. The van der Waals surface area contributed by atoms with E-state index in [-0.39, 0.29) is 6.10 Å². The van der Waals surface area contributed by atoms with E-state index in [9.17, 15) is 5.11 Å². The molecule has 0 rings (SSSR count). The summed E-state index contributed by atoms with van der Waals surface area (Å²) >= 11 is 0. The Bertz CT molecular complexity index is 148. The van der Waals surface area contributed by atoms with Gasteiger partial charge in [0.15, 0.2) is 0 Å². The Kier molecular flexibility index (Phi) is 15.0. The first-order valence-corrected chi connectivity index (χ1v) is 7.74. The fraction of sp³-hybridized carbons (Fsp3) is 1.00. The van der Waals surface area contributed by atoms with Gasteiger partial charge in [0.25, 0.3) is 0 Å². The fourth-order valence-electron chi connectivity index (χ4n) is 1.67. The van der Waals surface area contributed by atoms with Crippen LogP contribution in [-0.4, -0.2) is 21.9 Å². The number of hydrogen-bond donors (Lipinski definition) is 2. The summed E-state index contributed by atoms with van der Waals surface area (Å²) in [5.74, 6) is 0. The standard InChI is InChI=1S/2C8H18O/c1-4-5-6-7-8(2,3)9;1-3-4-5-6-7-8(2)9/h9H,4-7H2,1-3H3;8-9H,3-7H2,1-2H3. The molecule has 112 valence electrons. The lowest BCUT2D eigenvalue weighted by Gasteiger charge is -2.15. The Morgan fingerprint density at radius 1 is 0.889 bits per heavy atom. The molecule has 18 heavy (non-hydrogen) atoms. The third-order valence-corrected chi connectivity index (χ3v) is 2.87. The highest BCUT2D eigenvalue weighted by Crippen LogP contribution is 2.12.